The highest BCUT2D eigenvalue weighted by molar-refractivity contribution is 5.67. The van der Waals surface area contributed by atoms with E-state index >= 15 is 0 Å². The Morgan fingerprint density at radius 1 is 1.04 bits per heavy atom. The lowest BCUT2D eigenvalue weighted by Crippen LogP contribution is -2.62. The van der Waals surface area contributed by atoms with E-state index in [1.807, 2.05) is 6.92 Å². The monoisotopic (exact) mass is 394 g/mol. The number of carbonyl (C=O) groups is 3. The fourth-order valence-corrected chi connectivity index (χ4v) is 5.45. The largest absolute Gasteiger partial charge is 0.463 e. The first-order valence-electron chi connectivity index (χ1n) is 9.81. The summed E-state index contributed by atoms with van der Waals surface area (Å²) in [5.74, 6) is -1.06. The molecule has 2 saturated carbocycles. The molecule has 7 nitrogen and oxygen atoms in total. The highest BCUT2D eigenvalue weighted by Gasteiger charge is 2.85. The van der Waals surface area contributed by atoms with Gasteiger partial charge in [-0.3, -0.25) is 14.4 Å². The summed E-state index contributed by atoms with van der Waals surface area (Å²) >= 11 is 0. The van der Waals surface area contributed by atoms with Crippen molar-refractivity contribution in [2.75, 3.05) is 6.61 Å². The van der Waals surface area contributed by atoms with E-state index in [4.69, 9.17) is 18.9 Å². The third-order valence-electron chi connectivity index (χ3n) is 6.91. The molecule has 3 aliphatic rings. The van der Waals surface area contributed by atoms with Gasteiger partial charge in [-0.2, -0.15) is 0 Å². The zero-order chi connectivity index (χ0) is 20.9. The molecule has 3 rings (SSSR count). The molecule has 3 fully saturated rings. The van der Waals surface area contributed by atoms with Gasteiger partial charge in [0.25, 0.3) is 0 Å². The van der Waals surface area contributed by atoms with Crippen LogP contribution in [0.1, 0.15) is 60.3 Å². The summed E-state index contributed by atoms with van der Waals surface area (Å²) in [4.78, 5) is 35.0. The first-order valence-corrected chi connectivity index (χ1v) is 9.81. The van der Waals surface area contributed by atoms with E-state index < -0.39 is 34.7 Å². The maximum Gasteiger partial charge on any atom is 0.303 e. The molecule has 0 unspecified atom stereocenters. The first kappa shape index (κ1) is 20.8. The molecular weight excluding hydrogens is 364 g/mol. The van der Waals surface area contributed by atoms with Crippen LogP contribution in [-0.2, 0) is 33.3 Å². The van der Waals surface area contributed by atoms with Crippen molar-refractivity contribution in [1.29, 1.82) is 0 Å². The molecule has 0 aromatic carbocycles. The van der Waals surface area contributed by atoms with Crippen LogP contribution in [0, 0.1) is 11.3 Å². The predicted molar refractivity (Wildman–Crippen MR) is 99.2 cm³/mol. The van der Waals surface area contributed by atoms with Crippen LogP contribution >= 0.6 is 0 Å². The van der Waals surface area contributed by atoms with Crippen molar-refractivity contribution < 1.29 is 33.3 Å². The van der Waals surface area contributed by atoms with Gasteiger partial charge in [-0.25, -0.2) is 0 Å². The molecule has 6 atom stereocenters. The Hall–Kier alpha value is -1.89. The van der Waals surface area contributed by atoms with Gasteiger partial charge < -0.3 is 18.9 Å². The molecule has 1 aliphatic heterocycles. The third kappa shape index (κ3) is 3.04. The number of ether oxygens (including phenoxy) is 4. The molecule has 0 radical (unpaired) electrons. The van der Waals surface area contributed by atoms with Gasteiger partial charge in [0.15, 0.2) is 5.60 Å². The van der Waals surface area contributed by atoms with Gasteiger partial charge in [-0.1, -0.05) is 19.1 Å². The molecule has 0 aromatic heterocycles. The van der Waals surface area contributed by atoms with Gasteiger partial charge in [0.2, 0.25) is 0 Å². The molecule has 0 aromatic rings. The maximum absolute atomic E-state index is 11.8. The van der Waals surface area contributed by atoms with E-state index in [1.165, 1.54) is 20.8 Å². The SMILES string of the molecule is C=C(C)[C@@H]1C[C@@H](OC(C)=O)[C@]2(C)CC[C@@H](OC(C)=O)[C@@]3(COC(C)=O)O[C@@]23C1. The second-order valence-electron chi connectivity index (χ2n) is 8.73. The van der Waals surface area contributed by atoms with Crippen molar-refractivity contribution in [2.45, 2.75) is 83.7 Å². The predicted octanol–water partition coefficient (Wildman–Crippen LogP) is 2.71. The van der Waals surface area contributed by atoms with Crippen LogP contribution in [0.15, 0.2) is 12.2 Å². The maximum atomic E-state index is 11.8. The molecule has 2 aliphatic carbocycles. The second-order valence-corrected chi connectivity index (χ2v) is 8.73. The van der Waals surface area contributed by atoms with Crippen LogP contribution < -0.4 is 0 Å². The van der Waals surface area contributed by atoms with Crippen LogP contribution in [0.2, 0.25) is 0 Å². The van der Waals surface area contributed by atoms with Gasteiger partial charge in [0.05, 0.1) is 0 Å². The van der Waals surface area contributed by atoms with E-state index in [2.05, 4.69) is 13.5 Å². The number of hydrogen-bond donors (Lipinski definition) is 0. The van der Waals surface area contributed by atoms with E-state index in [9.17, 15) is 14.4 Å². The Balaban J connectivity index is 2.03. The van der Waals surface area contributed by atoms with Crippen molar-refractivity contribution >= 4 is 17.9 Å². The van der Waals surface area contributed by atoms with Gasteiger partial charge in [-0.05, 0) is 38.5 Å². The van der Waals surface area contributed by atoms with Crippen molar-refractivity contribution in [3.63, 3.8) is 0 Å². The van der Waals surface area contributed by atoms with E-state index in [1.54, 1.807) is 0 Å². The Morgan fingerprint density at radius 3 is 2.18 bits per heavy atom. The summed E-state index contributed by atoms with van der Waals surface area (Å²) in [6.45, 7) is 12.2. The first-order chi connectivity index (χ1) is 13.0. The quantitative estimate of drug-likeness (QED) is 0.306. The highest BCUT2D eigenvalue weighted by Crippen LogP contribution is 2.72. The summed E-state index contributed by atoms with van der Waals surface area (Å²) in [7, 11) is 0. The Bertz CT molecular complexity index is 716. The fourth-order valence-electron chi connectivity index (χ4n) is 5.45. The summed E-state index contributed by atoms with van der Waals surface area (Å²) in [6.07, 6.45) is 1.70. The summed E-state index contributed by atoms with van der Waals surface area (Å²) < 4.78 is 23.1. The van der Waals surface area contributed by atoms with Crippen molar-refractivity contribution in [2.24, 2.45) is 11.3 Å². The normalized spacial score (nSPS) is 41.1. The van der Waals surface area contributed by atoms with Crippen molar-refractivity contribution in [3.8, 4) is 0 Å². The molecule has 7 heteroatoms. The average molecular weight is 394 g/mol. The Labute approximate surface area is 165 Å². The second kappa shape index (κ2) is 6.87. The van der Waals surface area contributed by atoms with E-state index in [0.29, 0.717) is 25.7 Å². The van der Waals surface area contributed by atoms with Crippen LogP contribution in [-0.4, -0.2) is 47.9 Å². The smallest absolute Gasteiger partial charge is 0.303 e. The van der Waals surface area contributed by atoms with Crippen molar-refractivity contribution in [1.82, 2.24) is 0 Å². The minimum absolute atomic E-state index is 0.00553. The number of esters is 3. The van der Waals surface area contributed by atoms with Gasteiger partial charge >= 0.3 is 17.9 Å². The number of carbonyl (C=O) groups excluding carboxylic acids is 3. The Kier molecular flexibility index (Phi) is 5.11. The van der Waals surface area contributed by atoms with Crippen LogP contribution in [0.25, 0.3) is 0 Å². The summed E-state index contributed by atoms with van der Waals surface area (Å²) in [6, 6.07) is 0. The van der Waals surface area contributed by atoms with Gasteiger partial charge in [0.1, 0.15) is 24.4 Å². The minimum Gasteiger partial charge on any atom is -0.463 e. The number of epoxide rings is 1. The zero-order valence-corrected chi connectivity index (χ0v) is 17.3. The molecule has 1 saturated heterocycles. The average Bonchev–Trinajstić information content (AvgIpc) is 3.24. The van der Waals surface area contributed by atoms with Crippen LogP contribution in [0.5, 0.6) is 0 Å². The van der Waals surface area contributed by atoms with Crippen LogP contribution in [0.4, 0.5) is 0 Å². The minimum atomic E-state index is -0.927. The van der Waals surface area contributed by atoms with Gasteiger partial charge in [0, 0.05) is 26.2 Å². The lowest BCUT2D eigenvalue weighted by Gasteiger charge is -2.52. The van der Waals surface area contributed by atoms with E-state index in [0.717, 1.165) is 5.57 Å². The topological polar surface area (TPSA) is 91.4 Å². The van der Waals surface area contributed by atoms with E-state index in [-0.39, 0.29) is 24.6 Å². The number of hydrogen-bond acceptors (Lipinski definition) is 7. The standard InChI is InChI=1S/C21H30O7/c1-12(2)16-9-18(27-15(5)24)19(6)8-7-17(26-14(4)23)20(11-25-13(3)22)21(19,10-16)28-20/h16-18H,1,7-11H2,2-6H3/t16-,17-,18-,19+,20-,21+/m1/s1. The van der Waals surface area contributed by atoms with Gasteiger partial charge in [-0.15, -0.1) is 0 Å². The molecule has 1 spiro atoms. The molecule has 0 amide bonds. The van der Waals surface area contributed by atoms with Crippen LogP contribution in [0.3, 0.4) is 0 Å². The zero-order valence-electron chi connectivity index (χ0n) is 17.3. The summed E-state index contributed by atoms with van der Waals surface area (Å²) in [5.41, 5.74) is -1.12. The summed E-state index contributed by atoms with van der Waals surface area (Å²) in [5, 5.41) is 0. The molecule has 28 heavy (non-hydrogen) atoms. The highest BCUT2D eigenvalue weighted by atomic mass is 16.7. The van der Waals surface area contributed by atoms with Crippen molar-refractivity contribution in [3.05, 3.63) is 12.2 Å². The lowest BCUT2D eigenvalue weighted by molar-refractivity contribution is -0.171. The molecule has 156 valence electrons. The molecule has 0 N–H and O–H groups in total. The fraction of sp³-hybridized carbons (Fsp3) is 0.762. The lowest BCUT2D eigenvalue weighted by atomic mass is 9.52. The molecule has 1 heterocycles. The molecular formula is C21H30O7. The Morgan fingerprint density at radius 2 is 1.64 bits per heavy atom. The number of rotatable bonds is 5. The number of allylic oxidation sites excluding steroid dienone is 1. The third-order valence-corrected chi connectivity index (χ3v) is 6.91. The molecule has 0 bridgehead atoms.